The molecule has 1 saturated heterocycles. The van der Waals surface area contributed by atoms with Gasteiger partial charge in [-0.25, -0.2) is 4.98 Å². The molecular weight excluding hydrogens is 470 g/mol. The Balaban J connectivity index is 2.11. The van der Waals surface area contributed by atoms with Crippen LogP contribution in [0.2, 0.25) is 0 Å². The van der Waals surface area contributed by atoms with Gasteiger partial charge in [-0.15, -0.1) is 0 Å². The molecule has 3 heterocycles. The maximum Gasteiger partial charge on any atom is 0.303 e. The number of aromatic nitrogens is 4. The minimum atomic E-state index is -1.16. The Bertz CT molecular complexity index is 1070. The van der Waals surface area contributed by atoms with E-state index in [0.717, 1.165) is 0 Å². The molecule has 0 amide bonds. The molecule has 1 fully saturated rings. The number of hydrogen-bond acceptors (Lipinski definition) is 11. The number of carbonyl (C=O) groups is 3. The number of aromatic amines is 1. The average Bonchev–Trinajstić information content (AvgIpc) is 3.10. The van der Waals surface area contributed by atoms with Gasteiger partial charge in [0.25, 0.3) is 5.56 Å². The van der Waals surface area contributed by atoms with E-state index in [2.05, 4.69) is 30.9 Å². The summed E-state index contributed by atoms with van der Waals surface area (Å²) in [5.74, 6) is -2.09. The fraction of sp³-hybridized carbons (Fsp3) is 0.500. The van der Waals surface area contributed by atoms with Crippen molar-refractivity contribution >= 4 is 51.0 Å². The third-order valence-electron chi connectivity index (χ3n) is 4.12. The summed E-state index contributed by atoms with van der Waals surface area (Å²) in [7, 11) is 0. The van der Waals surface area contributed by atoms with Crippen molar-refractivity contribution in [2.45, 2.75) is 45.3 Å². The molecule has 3 N–H and O–H groups in total. The van der Waals surface area contributed by atoms with Crippen LogP contribution < -0.4 is 11.3 Å². The van der Waals surface area contributed by atoms with Crippen molar-refractivity contribution in [3.05, 3.63) is 15.1 Å². The Morgan fingerprint density at radius 3 is 2.37 bits per heavy atom. The predicted molar refractivity (Wildman–Crippen MR) is 102 cm³/mol. The zero-order valence-electron chi connectivity index (χ0n) is 16.1. The van der Waals surface area contributed by atoms with Crippen molar-refractivity contribution in [3.8, 4) is 0 Å². The molecule has 3 rings (SSSR count). The number of nitrogen functional groups attached to an aromatic ring is 1. The molecule has 13 nitrogen and oxygen atoms in total. The van der Waals surface area contributed by atoms with E-state index >= 15 is 0 Å². The molecule has 0 aliphatic carbocycles. The number of rotatable bonds is 5. The largest absolute Gasteiger partial charge is 0.463 e. The second-order valence-corrected chi connectivity index (χ2v) is 7.10. The lowest BCUT2D eigenvalue weighted by molar-refractivity contribution is -0.166. The molecule has 2 aromatic rings. The number of halogens is 1. The van der Waals surface area contributed by atoms with Crippen LogP contribution in [-0.4, -0.2) is 62.3 Å². The standard InChI is InChI=1S/C16H18BrN5O8/c1-5(23)27-4-8-10(28-6(2)24)11(29-7(3)25)14(30-8)22-12-9(19-15(22)17)13(26)21-16(18)20-12/h8,10-11,14H,4H2,1-3H3,(H3,18,20,21,26). The number of H-pyrrole nitrogens is 1. The fourth-order valence-electron chi connectivity index (χ4n) is 3.10. The molecule has 0 spiro atoms. The van der Waals surface area contributed by atoms with Crippen LogP contribution in [0.5, 0.6) is 0 Å². The van der Waals surface area contributed by atoms with Crippen LogP contribution in [-0.2, 0) is 33.3 Å². The lowest BCUT2D eigenvalue weighted by Gasteiger charge is -2.24. The summed E-state index contributed by atoms with van der Waals surface area (Å²) >= 11 is 3.23. The number of nitrogens with two attached hydrogens (primary N) is 1. The van der Waals surface area contributed by atoms with E-state index < -0.39 is 48.0 Å². The molecule has 0 saturated carbocycles. The van der Waals surface area contributed by atoms with E-state index in [-0.39, 0.29) is 28.5 Å². The Hall–Kier alpha value is -3.00. The topological polar surface area (TPSA) is 178 Å². The number of esters is 3. The molecular formula is C16H18BrN5O8. The summed E-state index contributed by atoms with van der Waals surface area (Å²) in [5.41, 5.74) is 5.05. The number of ether oxygens (including phenoxy) is 4. The first kappa shape index (κ1) is 21.7. The van der Waals surface area contributed by atoms with Crippen molar-refractivity contribution < 1.29 is 33.3 Å². The fourth-order valence-corrected chi connectivity index (χ4v) is 3.65. The summed E-state index contributed by atoms with van der Waals surface area (Å²) in [4.78, 5) is 57.3. The quantitative estimate of drug-likeness (QED) is 0.323. The minimum absolute atomic E-state index is 0.0417. The van der Waals surface area contributed by atoms with Crippen molar-refractivity contribution in [3.63, 3.8) is 0 Å². The predicted octanol–water partition coefficient (Wildman–Crippen LogP) is -0.212. The lowest BCUT2D eigenvalue weighted by atomic mass is 10.1. The summed E-state index contributed by atoms with van der Waals surface area (Å²) in [5, 5.41) is 0. The molecule has 162 valence electrons. The first-order chi connectivity index (χ1) is 14.1. The minimum Gasteiger partial charge on any atom is -0.463 e. The number of hydrogen-bond donors (Lipinski definition) is 2. The van der Waals surface area contributed by atoms with Gasteiger partial charge in [0, 0.05) is 20.8 Å². The van der Waals surface area contributed by atoms with E-state index in [0.29, 0.717) is 0 Å². The van der Waals surface area contributed by atoms with Gasteiger partial charge in [0.05, 0.1) is 0 Å². The summed E-state index contributed by atoms with van der Waals surface area (Å²) < 4.78 is 23.0. The third kappa shape index (κ3) is 4.28. The van der Waals surface area contributed by atoms with Crippen LogP contribution in [0.15, 0.2) is 9.53 Å². The monoisotopic (exact) mass is 487 g/mol. The Labute approximate surface area is 177 Å². The molecule has 0 bridgehead atoms. The normalized spacial score (nSPS) is 23.3. The van der Waals surface area contributed by atoms with Gasteiger partial charge in [0.2, 0.25) is 5.95 Å². The summed E-state index contributed by atoms with van der Waals surface area (Å²) in [6.45, 7) is 3.27. The van der Waals surface area contributed by atoms with E-state index in [1.165, 1.54) is 25.3 Å². The van der Waals surface area contributed by atoms with Crippen LogP contribution in [0, 0.1) is 0 Å². The van der Waals surface area contributed by atoms with Crippen LogP contribution in [0.1, 0.15) is 27.0 Å². The number of fused-ring (bicyclic) bond motifs is 1. The molecule has 0 aromatic carbocycles. The van der Waals surface area contributed by atoms with Crippen LogP contribution in [0.3, 0.4) is 0 Å². The van der Waals surface area contributed by atoms with Crippen LogP contribution >= 0.6 is 15.9 Å². The number of imidazole rings is 1. The maximum atomic E-state index is 12.2. The highest BCUT2D eigenvalue weighted by atomic mass is 79.9. The molecule has 1 aliphatic heterocycles. The number of nitrogens with one attached hydrogen (secondary N) is 1. The van der Waals surface area contributed by atoms with Crippen molar-refractivity contribution in [2.24, 2.45) is 0 Å². The smallest absolute Gasteiger partial charge is 0.303 e. The third-order valence-corrected chi connectivity index (χ3v) is 4.68. The molecule has 1 aliphatic rings. The van der Waals surface area contributed by atoms with Gasteiger partial charge in [-0.3, -0.25) is 28.7 Å². The Kier molecular flexibility index (Phi) is 6.07. The molecule has 2 aromatic heterocycles. The lowest BCUT2D eigenvalue weighted by Crippen LogP contribution is -2.40. The van der Waals surface area contributed by atoms with Gasteiger partial charge in [0.15, 0.2) is 34.3 Å². The van der Waals surface area contributed by atoms with Crippen molar-refractivity contribution in [1.82, 2.24) is 19.5 Å². The van der Waals surface area contributed by atoms with E-state index in [4.69, 9.17) is 24.7 Å². The highest BCUT2D eigenvalue weighted by Gasteiger charge is 2.51. The second kappa shape index (κ2) is 8.39. The summed E-state index contributed by atoms with van der Waals surface area (Å²) in [6.07, 6.45) is -4.38. The van der Waals surface area contributed by atoms with Gasteiger partial charge in [-0.2, -0.15) is 4.98 Å². The van der Waals surface area contributed by atoms with Crippen molar-refractivity contribution in [1.29, 1.82) is 0 Å². The van der Waals surface area contributed by atoms with Gasteiger partial charge >= 0.3 is 17.9 Å². The van der Waals surface area contributed by atoms with Gasteiger partial charge in [0.1, 0.15) is 12.7 Å². The molecule has 4 atom stereocenters. The Morgan fingerprint density at radius 2 is 1.77 bits per heavy atom. The molecule has 14 heteroatoms. The van der Waals surface area contributed by atoms with Gasteiger partial charge in [-0.1, -0.05) is 0 Å². The van der Waals surface area contributed by atoms with Gasteiger partial charge < -0.3 is 24.7 Å². The van der Waals surface area contributed by atoms with Crippen LogP contribution in [0.25, 0.3) is 11.2 Å². The first-order valence-electron chi connectivity index (χ1n) is 8.65. The second-order valence-electron chi connectivity index (χ2n) is 6.39. The molecule has 4 unspecified atom stereocenters. The number of carbonyl (C=O) groups excluding carboxylic acids is 3. The van der Waals surface area contributed by atoms with Gasteiger partial charge in [-0.05, 0) is 15.9 Å². The SMILES string of the molecule is CC(=O)OCC1OC(n2c(Br)nc3c(=O)[nH]c(N)nc32)C(OC(C)=O)C1OC(C)=O. The van der Waals surface area contributed by atoms with Crippen molar-refractivity contribution in [2.75, 3.05) is 12.3 Å². The number of nitrogens with zero attached hydrogens (tertiary/aromatic N) is 3. The van der Waals surface area contributed by atoms with Crippen LogP contribution in [0.4, 0.5) is 5.95 Å². The van der Waals surface area contributed by atoms with E-state index in [1.807, 2.05) is 0 Å². The maximum absolute atomic E-state index is 12.2. The zero-order valence-corrected chi connectivity index (χ0v) is 17.7. The zero-order chi connectivity index (χ0) is 22.2. The molecule has 0 radical (unpaired) electrons. The summed E-state index contributed by atoms with van der Waals surface area (Å²) in [6, 6.07) is 0. The Morgan fingerprint density at radius 1 is 1.13 bits per heavy atom. The highest BCUT2D eigenvalue weighted by molar-refractivity contribution is 9.10. The van der Waals surface area contributed by atoms with E-state index in [1.54, 1.807) is 0 Å². The first-order valence-corrected chi connectivity index (χ1v) is 9.44. The highest BCUT2D eigenvalue weighted by Crippen LogP contribution is 2.37. The molecule has 30 heavy (non-hydrogen) atoms. The van der Waals surface area contributed by atoms with E-state index in [9.17, 15) is 19.2 Å². The number of anilines is 1. The average molecular weight is 488 g/mol.